The van der Waals surface area contributed by atoms with Crippen LogP contribution in [0.5, 0.6) is 5.75 Å². The fourth-order valence-electron chi connectivity index (χ4n) is 3.27. The van der Waals surface area contributed by atoms with Crippen LogP contribution in [0.3, 0.4) is 0 Å². The zero-order chi connectivity index (χ0) is 23.8. The second kappa shape index (κ2) is 11.1. The van der Waals surface area contributed by atoms with Crippen molar-refractivity contribution < 1.29 is 27.4 Å². The van der Waals surface area contributed by atoms with Crippen LogP contribution in [0.4, 0.5) is 19.0 Å². The number of carbonyl (C=O) groups is 1. The van der Waals surface area contributed by atoms with Crippen molar-refractivity contribution in [3.63, 3.8) is 0 Å². The van der Waals surface area contributed by atoms with Crippen molar-refractivity contribution in [1.82, 2.24) is 25.1 Å². The molecule has 1 saturated heterocycles. The van der Waals surface area contributed by atoms with Crippen LogP contribution in [0.15, 0.2) is 23.4 Å². The Morgan fingerprint density at radius 1 is 1.09 bits per heavy atom. The van der Waals surface area contributed by atoms with Gasteiger partial charge in [0.15, 0.2) is 11.3 Å². The summed E-state index contributed by atoms with van der Waals surface area (Å²) < 4.78 is 49.1. The van der Waals surface area contributed by atoms with E-state index in [0.717, 1.165) is 24.1 Å². The minimum atomic E-state index is -4.87. The number of hydrogen-bond donors (Lipinski definition) is 1. The highest BCUT2D eigenvalue weighted by atomic mass is 19.4. The summed E-state index contributed by atoms with van der Waals surface area (Å²) in [5.74, 6) is 0.0471. The molecule has 180 valence electrons. The van der Waals surface area contributed by atoms with Gasteiger partial charge < -0.3 is 19.3 Å². The van der Waals surface area contributed by atoms with Crippen molar-refractivity contribution in [3.8, 4) is 5.75 Å². The first-order chi connectivity index (χ1) is 15.8. The molecular formula is C20H25F3N6O4. The number of rotatable bonds is 9. The van der Waals surface area contributed by atoms with E-state index in [2.05, 4.69) is 20.0 Å². The molecule has 2 aromatic heterocycles. The molecule has 3 heterocycles. The normalized spacial score (nSPS) is 14.4. The molecule has 0 spiro atoms. The average molecular weight is 470 g/mol. The molecular weight excluding hydrogens is 445 g/mol. The Balaban J connectivity index is 1.35. The number of piperazine rings is 1. The standard InChI is InChI=1S/C20H25F3N6O4/c1-2-14-11-25-16(13-24-14)28-4-6-29(7-5-28)17(30)3-8-32-9-10-33-15-12-26-27-19(31)18(15)20(21,22)23/h11-13H,2-10H2,1H3,(H,27,31). The number of hydrogen-bond acceptors (Lipinski definition) is 8. The highest BCUT2D eigenvalue weighted by Crippen LogP contribution is 2.32. The number of halogens is 3. The van der Waals surface area contributed by atoms with E-state index >= 15 is 0 Å². The Bertz CT molecular complexity index is 975. The molecule has 0 bridgehead atoms. The van der Waals surface area contributed by atoms with Gasteiger partial charge in [-0.1, -0.05) is 6.92 Å². The predicted octanol–water partition coefficient (Wildman–Crippen LogP) is 1.28. The van der Waals surface area contributed by atoms with E-state index < -0.39 is 23.0 Å². The van der Waals surface area contributed by atoms with Gasteiger partial charge in [-0.3, -0.25) is 14.6 Å². The highest BCUT2D eigenvalue weighted by Gasteiger charge is 2.38. The van der Waals surface area contributed by atoms with Crippen molar-refractivity contribution in [3.05, 3.63) is 40.2 Å². The maximum Gasteiger partial charge on any atom is 0.425 e. The van der Waals surface area contributed by atoms with Crippen molar-refractivity contribution in [1.29, 1.82) is 0 Å². The molecule has 1 amide bonds. The van der Waals surface area contributed by atoms with Crippen LogP contribution in [0, 0.1) is 0 Å². The SMILES string of the molecule is CCc1cnc(N2CCN(C(=O)CCOCCOc3cn[nH]c(=O)c3C(F)(F)F)CC2)cn1. The first-order valence-corrected chi connectivity index (χ1v) is 10.5. The van der Waals surface area contributed by atoms with E-state index in [9.17, 15) is 22.8 Å². The van der Waals surface area contributed by atoms with E-state index in [0.29, 0.717) is 26.2 Å². The minimum Gasteiger partial charge on any atom is -0.489 e. The van der Waals surface area contributed by atoms with Gasteiger partial charge in [0.1, 0.15) is 12.4 Å². The molecule has 0 aromatic carbocycles. The minimum absolute atomic E-state index is 0.0441. The second-order valence-corrected chi connectivity index (χ2v) is 7.23. The largest absolute Gasteiger partial charge is 0.489 e. The van der Waals surface area contributed by atoms with Crippen LogP contribution in [-0.4, -0.2) is 77.0 Å². The van der Waals surface area contributed by atoms with Crippen molar-refractivity contribution in [2.24, 2.45) is 0 Å². The van der Waals surface area contributed by atoms with Gasteiger partial charge in [0.05, 0.1) is 43.9 Å². The molecule has 0 saturated carbocycles. The summed E-state index contributed by atoms with van der Waals surface area (Å²) in [4.78, 5) is 36.3. The lowest BCUT2D eigenvalue weighted by molar-refractivity contribution is -0.140. The van der Waals surface area contributed by atoms with Crippen LogP contribution in [0.2, 0.25) is 0 Å². The summed E-state index contributed by atoms with van der Waals surface area (Å²) in [7, 11) is 0. The number of aromatic nitrogens is 4. The summed E-state index contributed by atoms with van der Waals surface area (Å²) in [5.41, 5.74) is -1.90. The van der Waals surface area contributed by atoms with Crippen molar-refractivity contribution in [2.45, 2.75) is 25.9 Å². The number of amides is 1. The number of nitrogens with zero attached hydrogens (tertiary/aromatic N) is 5. The van der Waals surface area contributed by atoms with E-state index in [4.69, 9.17) is 9.47 Å². The van der Waals surface area contributed by atoms with Crippen LogP contribution < -0.4 is 15.2 Å². The van der Waals surface area contributed by atoms with Crippen molar-refractivity contribution >= 4 is 11.7 Å². The van der Waals surface area contributed by atoms with Gasteiger partial charge in [0.25, 0.3) is 5.56 Å². The van der Waals surface area contributed by atoms with Crippen LogP contribution in [0.25, 0.3) is 0 Å². The molecule has 13 heteroatoms. The van der Waals surface area contributed by atoms with Gasteiger partial charge in [0, 0.05) is 26.2 Å². The van der Waals surface area contributed by atoms with Gasteiger partial charge in [-0.05, 0) is 6.42 Å². The maximum absolute atomic E-state index is 12.9. The third kappa shape index (κ3) is 6.63. The van der Waals surface area contributed by atoms with Gasteiger partial charge in [0.2, 0.25) is 5.91 Å². The lowest BCUT2D eigenvalue weighted by atomic mass is 10.2. The fraction of sp³-hybridized carbons (Fsp3) is 0.550. The lowest BCUT2D eigenvalue weighted by Gasteiger charge is -2.35. The maximum atomic E-state index is 12.9. The highest BCUT2D eigenvalue weighted by molar-refractivity contribution is 5.76. The van der Waals surface area contributed by atoms with Gasteiger partial charge in [-0.25, -0.2) is 10.1 Å². The zero-order valence-electron chi connectivity index (χ0n) is 18.1. The Kier molecular flexibility index (Phi) is 8.20. The van der Waals surface area contributed by atoms with E-state index in [1.165, 1.54) is 0 Å². The summed E-state index contributed by atoms with van der Waals surface area (Å²) >= 11 is 0. The Morgan fingerprint density at radius 2 is 1.85 bits per heavy atom. The lowest BCUT2D eigenvalue weighted by Crippen LogP contribution is -2.49. The number of alkyl halides is 3. The van der Waals surface area contributed by atoms with Gasteiger partial charge >= 0.3 is 6.18 Å². The van der Waals surface area contributed by atoms with Crippen LogP contribution >= 0.6 is 0 Å². The van der Waals surface area contributed by atoms with E-state index in [-0.39, 0.29) is 32.1 Å². The number of ether oxygens (including phenoxy) is 2. The number of nitrogens with one attached hydrogen (secondary N) is 1. The molecule has 0 aliphatic carbocycles. The third-order valence-corrected chi connectivity index (χ3v) is 5.06. The topological polar surface area (TPSA) is 114 Å². The van der Waals surface area contributed by atoms with E-state index in [1.54, 1.807) is 22.4 Å². The first kappa shape index (κ1) is 24.4. The summed E-state index contributed by atoms with van der Waals surface area (Å²) in [5, 5.41) is 5.05. The zero-order valence-corrected chi connectivity index (χ0v) is 18.1. The number of aromatic amines is 1. The molecule has 0 unspecified atom stereocenters. The first-order valence-electron chi connectivity index (χ1n) is 10.5. The van der Waals surface area contributed by atoms with E-state index in [1.807, 2.05) is 6.92 Å². The number of aryl methyl sites for hydroxylation is 1. The Hall–Kier alpha value is -3.22. The van der Waals surface area contributed by atoms with Gasteiger partial charge in [-0.2, -0.15) is 18.3 Å². The molecule has 1 aliphatic heterocycles. The predicted molar refractivity (Wildman–Crippen MR) is 111 cm³/mol. The monoisotopic (exact) mass is 470 g/mol. The number of H-pyrrole nitrogens is 1. The number of anilines is 1. The summed E-state index contributed by atoms with van der Waals surface area (Å²) in [6.07, 6.45) is 0.383. The summed E-state index contributed by atoms with van der Waals surface area (Å²) in [6, 6.07) is 0. The fourth-order valence-corrected chi connectivity index (χ4v) is 3.27. The molecule has 3 rings (SSSR count). The van der Waals surface area contributed by atoms with Crippen molar-refractivity contribution in [2.75, 3.05) is 50.9 Å². The Morgan fingerprint density at radius 3 is 2.48 bits per heavy atom. The molecule has 1 aliphatic rings. The quantitative estimate of drug-likeness (QED) is 0.546. The molecule has 0 radical (unpaired) electrons. The third-order valence-electron chi connectivity index (χ3n) is 5.06. The van der Waals surface area contributed by atoms with Crippen LogP contribution in [0.1, 0.15) is 24.6 Å². The molecule has 1 fully saturated rings. The molecule has 33 heavy (non-hydrogen) atoms. The molecule has 0 atom stereocenters. The smallest absolute Gasteiger partial charge is 0.425 e. The average Bonchev–Trinajstić information content (AvgIpc) is 2.80. The molecule has 2 aromatic rings. The molecule has 10 nitrogen and oxygen atoms in total. The molecule has 1 N–H and O–H groups in total. The number of carbonyl (C=O) groups excluding carboxylic acids is 1. The Labute approximate surface area is 187 Å². The van der Waals surface area contributed by atoms with Gasteiger partial charge in [-0.15, -0.1) is 0 Å². The second-order valence-electron chi connectivity index (χ2n) is 7.23. The summed E-state index contributed by atoms with van der Waals surface area (Å²) in [6.45, 7) is 4.24. The van der Waals surface area contributed by atoms with Crippen LogP contribution in [-0.2, 0) is 22.1 Å².